The Hall–Kier alpha value is -3.36. The number of nitrogens with one attached hydrogen (secondary N) is 1. The molecule has 0 radical (unpaired) electrons. The lowest BCUT2D eigenvalue weighted by Gasteiger charge is -2.36. The molecule has 0 spiro atoms. The zero-order chi connectivity index (χ0) is 21.8. The molecule has 0 saturated heterocycles. The van der Waals surface area contributed by atoms with Gasteiger partial charge >= 0.3 is 0 Å². The molecule has 1 N–H and O–H groups in total. The number of anilines is 1. The molecule has 31 heavy (non-hydrogen) atoms. The maximum Gasteiger partial charge on any atom is 0.218 e. The first-order chi connectivity index (χ1) is 14.8. The van der Waals surface area contributed by atoms with E-state index in [1.165, 1.54) is 12.3 Å². The number of hydrogen-bond donors (Lipinski definition) is 1. The van der Waals surface area contributed by atoms with Crippen molar-refractivity contribution in [1.29, 1.82) is 0 Å². The van der Waals surface area contributed by atoms with Crippen LogP contribution in [0.25, 0.3) is 11.3 Å². The van der Waals surface area contributed by atoms with Gasteiger partial charge in [0.15, 0.2) is 17.2 Å². The molecular weight excluding hydrogens is 399 g/mol. The molecule has 0 aliphatic carbocycles. The number of pyridine rings is 1. The molecule has 5 heterocycles. The number of aromatic nitrogens is 4. The van der Waals surface area contributed by atoms with Crippen molar-refractivity contribution in [2.24, 2.45) is 0 Å². The van der Waals surface area contributed by atoms with Crippen molar-refractivity contribution in [3.63, 3.8) is 0 Å². The summed E-state index contributed by atoms with van der Waals surface area (Å²) in [5.41, 5.74) is 2.61. The van der Waals surface area contributed by atoms with Crippen molar-refractivity contribution >= 4 is 17.2 Å². The Labute approximate surface area is 179 Å². The largest absolute Gasteiger partial charge is 0.486 e. The number of hydrogen-bond acceptors (Lipinski definition) is 7. The van der Waals surface area contributed by atoms with E-state index >= 15 is 0 Å². The SMILES string of the molecule is C=C1NC(C)(C)CCOc2ncc(F)cc2CN2c3nc4c1cnn4cc3OC[C@H]2C. The summed E-state index contributed by atoms with van der Waals surface area (Å²) < 4.78 is 27.7. The summed E-state index contributed by atoms with van der Waals surface area (Å²) in [7, 11) is 0. The molecule has 3 aromatic heterocycles. The highest BCUT2D eigenvalue weighted by atomic mass is 19.1. The van der Waals surface area contributed by atoms with Crippen LogP contribution < -0.4 is 19.7 Å². The van der Waals surface area contributed by atoms with Gasteiger partial charge in [-0.2, -0.15) is 5.10 Å². The molecule has 2 bridgehead atoms. The topological polar surface area (TPSA) is 76.8 Å². The fraction of sp³-hybridized carbons (Fsp3) is 0.409. The molecule has 0 amide bonds. The van der Waals surface area contributed by atoms with Gasteiger partial charge in [-0.1, -0.05) is 6.58 Å². The van der Waals surface area contributed by atoms with E-state index in [9.17, 15) is 4.39 Å². The maximum absolute atomic E-state index is 14.1. The predicted octanol–water partition coefficient (Wildman–Crippen LogP) is 3.17. The average molecular weight is 424 g/mol. The molecule has 0 fully saturated rings. The second kappa shape index (κ2) is 7.11. The van der Waals surface area contributed by atoms with Crippen molar-refractivity contribution in [3.05, 3.63) is 48.2 Å². The van der Waals surface area contributed by atoms with E-state index in [4.69, 9.17) is 14.5 Å². The van der Waals surface area contributed by atoms with E-state index in [-0.39, 0.29) is 11.6 Å². The Bertz CT molecular complexity index is 1170. The highest BCUT2D eigenvalue weighted by molar-refractivity contribution is 5.75. The van der Waals surface area contributed by atoms with Crippen LogP contribution >= 0.6 is 0 Å². The van der Waals surface area contributed by atoms with E-state index in [0.29, 0.717) is 54.8 Å². The minimum Gasteiger partial charge on any atom is -0.486 e. The van der Waals surface area contributed by atoms with E-state index in [0.717, 1.165) is 11.3 Å². The van der Waals surface area contributed by atoms with E-state index < -0.39 is 5.82 Å². The Morgan fingerprint density at radius 2 is 2.13 bits per heavy atom. The van der Waals surface area contributed by atoms with Crippen molar-refractivity contribution < 1.29 is 13.9 Å². The number of nitrogens with zero attached hydrogens (tertiary/aromatic N) is 5. The Kier molecular flexibility index (Phi) is 4.49. The van der Waals surface area contributed by atoms with E-state index in [1.54, 1.807) is 10.7 Å². The van der Waals surface area contributed by atoms with Gasteiger partial charge in [-0.3, -0.25) is 0 Å². The molecule has 2 aliphatic heterocycles. The van der Waals surface area contributed by atoms with Crippen LogP contribution in [0.3, 0.4) is 0 Å². The first-order valence-corrected chi connectivity index (χ1v) is 10.3. The van der Waals surface area contributed by atoms with Crippen LogP contribution in [0.4, 0.5) is 10.2 Å². The van der Waals surface area contributed by atoms with Gasteiger partial charge < -0.3 is 19.7 Å². The molecule has 0 aromatic carbocycles. The summed E-state index contributed by atoms with van der Waals surface area (Å²) >= 11 is 0. The van der Waals surface area contributed by atoms with Crippen LogP contribution in [-0.4, -0.2) is 44.4 Å². The molecule has 5 rings (SSSR count). The van der Waals surface area contributed by atoms with Gasteiger partial charge in [0.05, 0.1) is 43.3 Å². The maximum atomic E-state index is 14.1. The van der Waals surface area contributed by atoms with Gasteiger partial charge in [0.1, 0.15) is 12.4 Å². The average Bonchev–Trinajstić information content (AvgIpc) is 3.12. The van der Waals surface area contributed by atoms with Crippen LogP contribution in [0.1, 0.15) is 38.3 Å². The molecule has 8 nitrogen and oxygen atoms in total. The third-order valence-corrected chi connectivity index (χ3v) is 5.74. The highest BCUT2D eigenvalue weighted by Crippen LogP contribution is 2.36. The second-order valence-corrected chi connectivity index (χ2v) is 8.75. The van der Waals surface area contributed by atoms with Gasteiger partial charge in [0, 0.05) is 23.2 Å². The number of rotatable bonds is 0. The van der Waals surface area contributed by atoms with Crippen molar-refractivity contribution in [3.8, 4) is 11.6 Å². The summed E-state index contributed by atoms with van der Waals surface area (Å²) in [5.74, 6) is 1.33. The minimum atomic E-state index is -0.399. The van der Waals surface area contributed by atoms with Gasteiger partial charge in [0.25, 0.3) is 0 Å². The van der Waals surface area contributed by atoms with E-state index in [2.05, 4.69) is 40.7 Å². The summed E-state index contributed by atoms with van der Waals surface area (Å²) in [6.07, 6.45) is 5.46. The minimum absolute atomic E-state index is 0.0260. The third kappa shape index (κ3) is 3.54. The summed E-state index contributed by atoms with van der Waals surface area (Å²) in [5, 5.41) is 7.91. The van der Waals surface area contributed by atoms with Crippen molar-refractivity contribution in [2.45, 2.75) is 45.3 Å². The van der Waals surface area contributed by atoms with Crippen molar-refractivity contribution in [1.82, 2.24) is 24.9 Å². The fourth-order valence-corrected chi connectivity index (χ4v) is 3.98. The molecule has 3 aromatic rings. The number of halogens is 1. The smallest absolute Gasteiger partial charge is 0.218 e. The summed E-state index contributed by atoms with van der Waals surface area (Å²) in [6, 6.07) is 1.50. The summed E-state index contributed by atoms with van der Waals surface area (Å²) in [4.78, 5) is 11.2. The van der Waals surface area contributed by atoms with Gasteiger partial charge in [0.2, 0.25) is 5.88 Å². The quantitative estimate of drug-likeness (QED) is 0.594. The summed E-state index contributed by atoms with van der Waals surface area (Å²) in [6.45, 7) is 11.7. The molecule has 2 aliphatic rings. The van der Waals surface area contributed by atoms with Crippen LogP contribution in [0.2, 0.25) is 0 Å². The first-order valence-electron chi connectivity index (χ1n) is 10.3. The second-order valence-electron chi connectivity index (χ2n) is 8.75. The molecule has 162 valence electrons. The van der Waals surface area contributed by atoms with Gasteiger partial charge in [-0.15, -0.1) is 0 Å². The Morgan fingerprint density at radius 1 is 1.29 bits per heavy atom. The van der Waals surface area contributed by atoms with Crippen molar-refractivity contribution in [2.75, 3.05) is 18.1 Å². The van der Waals surface area contributed by atoms with Crippen LogP contribution in [-0.2, 0) is 6.54 Å². The normalized spacial score (nSPS) is 20.5. The van der Waals surface area contributed by atoms with Gasteiger partial charge in [-0.05, 0) is 26.8 Å². The number of fused-ring (bicyclic) bond motifs is 1. The fourth-order valence-electron chi connectivity index (χ4n) is 3.98. The zero-order valence-electron chi connectivity index (χ0n) is 17.9. The first kappa shape index (κ1) is 19.6. The molecule has 9 heteroatoms. The highest BCUT2D eigenvalue weighted by Gasteiger charge is 2.30. The number of ether oxygens (including phenoxy) is 2. The molecule has 0 unspecified atom stereocenters. The van der Waals surface area contributed by atoms with E-state index in [1.807, 2.05) is 13.1 Å². The lowest BCUT2D eigenvalue weighted by Crippen LogP contribution is -2.42. The Balaban J connectivity index is 1.69. The lowest BCUT2D eigenvalue weighted by atomic mass is 10.00. The molecular formula is C22H25FN6O2. The Morgan fingerprint density at radius 3 is 2.97 bits per heavy atom. The molecule has 0 saturated carbocycles. The van der Waals surface area contributed by atoms with Crippen LogP contribution in [0.15, 0.2) is 31.2 Å². The van der Waals surface area contributed by atoms with Crippen LogP contribution in [0.5, 0.6) is 11.6 Å². The monoisotopic (exact) mass is 424 g/mol. The molecule has 1 atom stereocenters. The third-order valence-electron chi connectivity index (χ3n) is 5.74. The van der Waals surface area contributed by atoms with Crippen LogP contribution in [0, 0.1) is 5.82 Å². The standard InChI is InChI=1S/C22H25FN6O2/c1-13-12-31-18-11-29-19-17(9-25-29)14(2)27-22(3,4)5-6-30-21-15(7-16(23)8-24-21)10-28(13)20(18)26-19/h7-9,11,13,27H,2,5-6,10,12H2,1,3-4H3/t13-/m1/s1. The lowest BCUT2D eigenvalue weighted by molar-refractivity contribution is 0.248. The van der Waals surface area contributed by atoms with Gasteiger partial charge in [-0.25, -0.2) is 18.9 Å². The predicted molar refractivity (Wildman–Crippen MR) is 115 cm³/mol. The zero-order valence-corrected chi connectivity index (χ0v) is 17.9.